The van der Waals surface area contributed by atoms with Gasteiger partial charge in [-0.05, 0) is 49.4 Å². The van der Waals surface area contributed by atoms with Crippen molar-refractivity contribution in [2.45, 2.75) is 48.2 Å². The molecule has 2 bridgehead atoms. The van der Waals surface area contributed by atoms with Gasteiger partial charge in [0.2, 0.25) is 0 Å². The van der Waals surface area contributed by atoms with Crippen molar-refractivity contribution in [1.29, 1.82) is 5.26 Å². The fraction of sp³-hybridized carbons (Fsp3) is 0.533. The van der Waals surface area contributed by atoms with Gasteiger partial charge in [-0.2, -0.15) is 5.26 Å². The highest BCUT2D eigenvalue weighted by molar-refractivity contribution is 7.86. The van der Waals surface area contributed by atoms with Crippen molar-refractivity contribution in [2.75, 3.05) is 0 Å². The van der Waals surface area contributed by atoms with Crippen molar-refractivity contribution in [2.24, 2.45) is 0 Å². The summed E-state index contributed by atoms with van der Waals surface area (Å²) in [5.41, 5.74) is -0.0139. The van der Waals surface area contributed by atoms with E-state index in [4.69, 9.17) is 5.26 Å². The average Bonchev–Trinajstić information content (AvgIpc) is 2.62. The Kier molecular flexibility index (Phi) is 3.39. The second-order valence-electron chi connectivity index (χ2n) is 5.87. The van der Waals surface area contributed by atoms with Crippen LogP contribution in [0.2, 0.25) is 0 Å². The molecule has 3 rings (SSSR count). The molecule has 1 aromatic rings. The van der Waals surface area contributed by atoms with Gasteiger partial charge in [-0.3, -0.25) is 4.21 Å². The third-order valence-corrected chi connectivity index (χ3v) is 6.51. The number of halogens is 1. The summed E-state index contributed by atoms with van der Waals surface area (Å²) in [7, 11) is -0.834. The minimum Gasteiger partial charge on any atom is -0.389 e. The number of rotatable bonds is 2. The zero-order valence-corrected chi connectivity index (χ0v) is 11.8. The van der Waals surface area contributed by atoms with Crippen LogP contribution in [-0.4, -0.2) is 25.4 Å². The molecule has 2 heterocycles. The van der Waals surface area contributed by atoms with Crippen LogP contribution >= 0.6 is 0 Å². The molecule has 5 heteroatoms. The van der Waals surface area contributed by atoms with E-state index < -0.39 is 22.2 Å². The highest BCUT2D eigenvalue weighted by atomic mass is 32.2. The van der Waals surface area contributed by atoms with Gasteiger partial charge in [0.05, 0.1) is 17.2 Å². The lowest BCUT2D eigenvalue weighted by atomic mass is 9.85. The SMILES string of the molecule is N#Cc1ccc(F)cc1CC1(O)CC2CCC(C1)S2=O. The van der Waals surface area contributed by atoms with E-state index in [1.165, 1.54) is 18.2 Å². The standard InChI is InChI=1S/C15H16FNO2S/c16-12-2-1-10(9-17)11(5-12)6-15(18)7-13-3-4-14(8-15)20(13)19/h1-2,5,13-14,18H,3-4,6-8H2. The molecule has 2 aliphatic rings. The lowest BCUT2D eigenvalue weighted by Gasteiger charge is -2.36. The van der Waals surface area contributed by atoms with Crippen molar-refractivity contribution >= 4 is 10.8 Å². The topological polar surface area (TPSA) is 61.1 Å². The average molecular weight is 293 g/mol. The first-order chi connectivity index (χ1) is 9.50. The molecule has 3 nitrogen and oxygen atoms in total. The molecule has 0 spiro atoms. The molecule has 0 saturated carbocycles. The van der Waals surface area contributed by atoms with Gasteiger partial charge in [-0.15, -0.1) is 0 Å². The van der Waals surface area contributed by atoms with Gasteiger partial charge >= 0.3 is 0 Å². The zero-order chi connectivity index (χ0) is 14.3. The van der Waals surface area contributed by atoms with Crippen LogP contribution in [0.4, 0.5) is 4.39 Å². The summed E-state index contributed by atoms with van der Waals surface area (Å²) in [5, 5.41) is 20.0. The molecule has 1 aromatic carbocycles. The molecular weight excluding hydrogens is 277 g/mol. The Hall–Kier alpha value is -1.25. The lowest BCUT2D eigenvalue weighted by molar-refractivity contribution is 0.0229. The smallest absolute Gasteiger partial charge is 0.123 e. The van der Waals surface area contributed by atoms with Gasteiger partial charge < -0.3 is 5.11 Å². The molecule has 106 valence electrons. The number of fused-ring (bicyclic) bond motifs is 2. The second kappa shape index (κ2) is 4.94. The van der Waals surface area contributed by atoms with Crippen LogP contribution in [0.25, 0.3) is 0 Å². The molecule has 2 fully saturated rings. The monoisotopic (exact) mass is 293 g/mol. The fourth-order valence-electron chi connectivity index (χ4n) is 3.49. The van der Waals surface area contributed by atoms with Crippen LogP contribution in [0.15, 0.2) is 18.2 Å². The lowest BCUT2D eigenvalue weighted by Crippen LogP contribution is -2.44. The number of hydrogen-bond donors (Lipinski definition) is 1. The first kappa shape index (κ1) is 13.7. The van der Waals surface area contributed by atoms with Crippen LogP contribution < -0.4 is 0 Å². The van der Waals surface area contributed by atoms with Crippen LogP contribution in [0.1, 0.15) is 36.8 Å². The van der Waals surface area contributed by atoms with E-state index in [1.54, 1.807) is 0 Å². The van der Waals surface area contributed by atoms with Crippen LogP contribution in [0.5, 0.6) is 0 Å². The summed E-state index contributed by atoms with van der Waals surface area (Å²) in [4.78, 5) is 0. The largest absolute Gasteiger partial charge is 0.389 e. The summed E-state index contributed by atoms with van der Waals surface area (Å²) >= 11 is 0. The van der Waals surface area contributed by atoms with Gasteiger partial charge in [0, 0.05) is 27.7 Å². The molecule has 2 saturated heterocycles. The van der Waals surface area contributed by atoms with E-state index in [0.717, 1.165) is 12.8 Å². The Morgan fingerprint density at radius 3 is 2.65 bits per heavy atom. The van der Waals surface area contributed by atoms with Crippen LogP contribution in [-0.2, 0) is 17.2 Å². The second-order valence-corrected chi connectivity index (χ2v) is 7.86. The Morgan fingerprint density at radius 1 is 1.40 bits per heavy atom. The van der Waals surface area contributed by atoms with Crippen molar-refractivity contribution in [3.8, 4) is 6.07 Å². The van der Waals surface area contributed by atoms with E-state index in [9.17, 15) is 13.7 Å². The third-order valence-electron chi connectivity index (χ3n) is 4.39. The van der Waals surface area contributed by atoms with Crippen molar-refractivity contribution < 1.29 is 13.7 Å². The molecule has 2 aliphatic heterocycles. The fourth-order valence-corrected chi connectivity index (χ4v) is 5.72. The molecule has 0 radical (unpaired) electrons. The molecule has 2 unspecified atom stereocenters. The van der Waals surface area contributed by atoms with Crippen molar-refractivity contribution in [3.63, 3.8) is 0 Å². The van der Waals surface area contributed by atoms with E-state index >= 15 is 0 Å². The molecular formula is C15H16FNO2S. The van der Waals surface area contributed by atoms with Crippen molar-refractivity contribution in [1.82, 2.24) is 0 Å². The quantitative estimate of drug-likeness (QED) is 0.907. The van der Waals surface area contributed by atoms with Gasteiger partial charge in [0.15, 0.2) is 0 Å². The number of hydrogen-bond acceptors (Lipinski definition) is 3. The number of benzene rings is 1. The summed E-state index contributed by atoms with van der Waals surface area (Å²) in [6.07, 6.45) is 3.02. The first-order valence-corrected chi connectivity index (χ1v) is 8.09. The predicted octanol–water partition coefficient (Wildman–Crippen LogP) is 2.04. The summed E-state index contributed by atoms with van der Waals surface area (Å²) < 4.78 is 25.3. The zero-order valence-electron chi connectivity index (χ0n) is 11.0. The third kappa shape index (κ3) is 2.38. The van der Waals surface area contributed by atoms with Crippen LogP contribution in [0, 0.1) is 17.1 Å². The molecule has 1 N–H and O–H groups in total. The van der Waals surface area contributed by atoms with Crippen LogP contribution in [0.3, 0.4) is 0 Å². The Morgan fingerprint density at radius 2 is 2.05 bits per heavy atom. The van der Waals surface area contributed by atoms with E-state index in [-0.39, 0.29) is 16.9 Å². The van der Waals surface area contributed by atoms with Gasteiger partial charge in [0.1, 0.15) is 5.82 Å². The maximum absolute atomic E-state index is 13.4. The minimum atomic E-state index is -0.959. The first-order valence-electron chi connectivity index (χ1n) is 6.81. The maximum Gasteiger partial charge on any atom is 0.123 e. The maximum atomic E-state index is 13.4. The number of nitriles is 1. The molecule has 0 aromatic heterocycles. The highest BCUT2D eigenvalue weighted by Gasteiger charge is 2.47. The molecule has 20 heavy (non-hydrogen) atoms. The molecule has 0 amide bonds. The molecule has 0 aliphatic carbocycles. The van der Waals surface area contributed by atoms with Gasteiger partial charge in [-0.25, -0.2) is 4.39 Å². The predicted molar refractivity (Wildman–Crippen MR) is 74.0 cm³/mol. The van der Waals surface area contributed by atoms with Crippen molar-refractivity contribution in [3.05, 3.63) is 35.1 Å². The van der Waals surface area contributed by atoms with Gasteiger partial charge in [-0.1, -0.05) is 0 Å². The minimum absolute atomic E-state index is 0.0536. The number of nitrogens with zero attached hydrogens (tertiary/aromatic N) is 1. The van der Waals surface area contributed by atoms with Gasteiger partial charge in [0.25, 0.3) is 0 Å². The summed E-state index contributed by atoms with van der Waals surface area (Å²) in [6.45, 7) is 0. The normalized spacial score (nSPS) is 35.8. The highest BCUT2D eigenvalue weighted by Crippen LogP contribution is 2.42. The molecule has 2 atom stereocenters. The summed E-state index contributed by atoms with van der Waals surface area (Å²) in [5.74, 6) is -0.398. The summed E-state index contributed by atoms with van der Waals surface area (Å²) in [6, 6.07) is 6.07. The Labute approximate surface area is 119 Å². The Balaban J connectivity index is 1.86. The van der Waals surface area contributed by atoms with E-state index in [2.05, 4.69) is 0 Å². The van der Waals surface area contributed by atoms with E-state index in [1.807, 2.05) is 6.07 Å². The number of aliphatic hydroxyl groups is 1. The van der Waals surface area contributed by atoms with E-state index in [0.29, 0.717) is 24.0 Å². The Bertz CT molecular complexity index is 594.